The molecule has 0 N–H and O–H groups in total. The van der Waals surface area contributed by atoms with Crippen molar-refractivity contribution in [1.82, 2.24) is 0 Å². The molecule has 0 aromatic heterocycles. The molecule has 0 aliphatic heterocycles. The van der Waals surface area contributed by atoms with Gasteiger partial charge in [0.25, 0.3) is 0 Å². The number of ether oxygens (including phenoxy) is 1. The van der Waals surface area contributed by atoms with E-state index in [1.807, 2.05) is 0 Å². The van der Waals surface area contributed by atoms with Crippen LogP contribution in [0.15, 0.2) is 17.9 Å². The van der Waals surface area contributed by atoms with Crippen LogP contribution < -0.4 is 0 Å². The van der Waals surface area contributed by atoms with Crippen molar-refractivity contribution in [3.8, 4) is 0 Å². The number of Topliss-reactive ketones (excluding diaryl/α,β-unsaturated/α-hetero) is 1. The molecule has 1 fully saturated rings. The SMILES string of the molecule is COC1=C(C(C)C)c2cc(C(C)=O)c(C3CC3)cc2C(C)(C)C1. The summed E-state index contributed by atoms with van der Waals surface area (Å²) >= 11 is 0. The number of carbonyl (C=O) groups excluding carboxylic acids is 1. The first kappa shape index (κ1) is 16.3. The van der Waals surface area contributed by atoms with Gasteiger partial charge in [-0.1, -0.05) is 33.8 Å². The molecule has 0 heterocycles. The molecule has 1 saturated carbocycles. The molecule has 0 atom stereocenters. The second-order valence-corrected chi connectivity index (χ2v) is 8.07. The summed E-state index contributed by atoms with van der Waals surface area (Å²) in [6.07, 6.45) is 3.36. The second kappa shape index (κ2) is 5.51. The predicted octanol–water partition coefficient (Wildman–Crippen LogP) is 5.46. The quantitative estimate of drug-likeness (QED) is 0.690. The lowest BCUT2D eigenvalue weighted by Crippen LogP contribution is -2.27. The maximum Gasteiger partial charge on any atom is 0.160 e. The first-order valence-electron chi connectivity index (χ1n) is 8.73. The number of ketones is 1. The second-order valence-electron chi connectivity index (χ2n) is 8.07. The van der Waals surface area contributed by atoms with E-state index in [0.29, 0.717) is 11.8 Å². The largest absolute Gasteiger partial charge is 0.501 e. The van der Waals surface area contributed by atoms with Gasteiger partial charge in [0.15, 0.2) is 5.78 Å². The van der Waals surface area contributed by atoms with Crippen LogP contribution in [0.25, 0.3) is 5.57 Å². The molecular weight excluding hydrogens is 284 g/mol. The van der Waals surface area contributed by atoms with E-state index in [1.165, 1.54) is 35.1 Å². The minimum absolute atomic E-state index is 0.0397. The first-order valence-corrected chi connectivity index (χ1v) is 8.73. The van der Waals surface area contributed by atoms with E-state index in [-0.39, 0.29) is 11.2 Å². The van der Waals surface area contributed by atoms with Crippen molar-refractivity contribution in [2.45, 2.75) is 65.2 Å². The van der Waals surface area contributed by atoms with E-state index < -0.39 is 0 Å². The Kier molecular flexibility index (Phi) is 3.90. The Balaban J connectivity index is 2.30. The van der Waals surface area contributed by atoms with Gasteiger partial charge in [0.2, 0.25) is 0 Å². The number of hydrogen-bond acceptors (Lipinski definition) is 2. The van der Waals surface area contributed by atoms with Gasteiger partial charge in [-0.05, 0) is 65.3 Å². The molecule has 3 rings (SSSR count). The monoisotopic (exact) mass is 312 g/mol. The van der Waals surface area contributed by atoms with Crippen LogP contribution in [-0.2, 0) is 10.2 Å². The molecule has 0 amide bonds. The standard InChI is InChI=1S/C21H28O2/c1-12(2)20-17-9-15(13(3)22)16(14-7-8-14)10-18(17)21(4,5)11-19(20)23-6/h9-10,12,14H,7-8,11H2,1-6H3. The summed E-state index contributed by atoms with van der Waals surface area (Å²) in [5.41, 5.74) is 6.10. The molecule has 2 aliphatic carbocycles. The molecule has 124 valence electrons. The number of rotatable bonds is 4. The van der Waals surface area contributed by atoms with Crippen LogP contribution in [0.2, 0.25) is 0 Å². The van der Waals surface area contributed by atoms with Crippen LogP contribution in [0.1, 0.15) is 86.8 Å². The highest BCUT2D eigenvalue weighted by Crippen LogP contribution is 2.49. The van der Waals surface area contributed by atoms with Gasteiger partial charge >= 0.3 is 0 Å². The van der Waals surface area contributed by atoms with Crippen molar-refractivity contribution in [1.29, 1.82) is 0 Å². The van der Waals surface area contributed by atoms with E-state index in [9.17, 15) is 4.79 Å². The Hall–Kier alpha value is -1.57. The first-order chi connectivity index (χ1) is 10.8. The molecule has 0 saturated heterocycles. The molecule has 0 unspecified atom stereocenters. The Labute approximate surface area is 139 Å². The van der Waals surface area contributed by atoms with Gasteiger partial charge in [-0.15, -0.1) is 0 Å². The molecule has 0 spiro atoms. The van der Waals surface area contributed by atoms with Crippen LogP contribution in [-0.4, -0.2) is 12.9 Å². The van der Waals surface area contributed by atoms with Gasteiger partial charge in [0.1, 0.15) is 5.76 Å². The maximum atomic E-state index is 12.2. The summed E-state index contributed by atoms with van der Waals surface area (Å²) in [6, 6.07) is 4.49. The molecule has 2 heteroatoms. The number of methoxy groups -OCH3 is 1. The zero-order chi connectivity index (χ0) is 16.9. The van der Waals surface area contributed by atoms with Gasteiger partial charge in [0.05, 0.1) is 7.11 Å². The van der Waals surface area contributed by atoms with Crippen LogP contribution in [0.4, 0.5) is 0 Å². The topological polar surface area (TPSA) is 26.3 Å². The molecule has 1 aromatic rings. The Morgan fingerprint density at radius 3 is 2.39 bits per heavy atom. The molecule has 1 aromatic carbocycles. The van der Waals surface area contributed by atoms with E-state index in [1.54, 1.807) is 14.0 Å². The minimum atomic E-state index is 0.0397. The summed E-state index contributed by atoms with van der Waals surface area (Å²) in [5, 5.41) is 0. The van der Waals surface area contributed by atoms with Crippen LogP contribution in [0, 0.1) is 5.92 Å². The van der Waals surface area contributed by atoms with Gasteiger partial charge in [0, 0.05) is 12.0 Å². The lowest BCUT2D eigenvalue weighted by molar-refractivity contribution is 0.101. The number of hydrogen-bond donors (Lipinski definition) is 0. The van der Waals surface area contributed by atoms with Crippen molar-refractivity contribution in [2.75, 3.05) is 7.11 Å². The van der Waals surface area contributed by atoms with Crippen molar-refractivity contribution in [2.24, 2.45) is 5.92 Å². The van der Waals surface area contributed by atoms with Crippen LogP contribution in [0.3, 0.4) is 0 Å². The molecule has 2 aliphatic rings. The third-order valence-electron chi connectivity index (χ3n) is 5.33. The Morgan fingerprint density at radius 2 is 1.91 bits per heavy atom. The number of fused-ring (bicyclic) bond motifs is 1. The van der Waals surface area contributed by atoms with Gasteiger partial charge in [-0.3, -0.25) is 4.79 Å². The van der Waals surface area contributed by atoms with Crippen molar-refractivity contribution in [3.05, 3.63) is 40.1 Å². The molecule has 2 nitrogen and oxygen atoms in total. The summed E-state index contributed by atoms with van der Waals surface area (Å²) in [6.45, 7) is 10.7. The highest BCUT2D eigenvalue weighted by atomic mass is 16.5. The van der Waals surface area contributed by atoms with E-state index in [0.717, 1.165) is 17.7 Å². The number of carbonyl (C=O) groups is 1. The Bertz CT molecular complexity index is 688. The van der Waals surface area contributed by atoms with Crippen molar-refractivity contribution < 1.29 is 9.53 Å². The normalized spacial score (nSPS) is 19.8. The average molecular weight is 312 g/mol. The molecule has 0 bridgehead atoms. The van der Waals surface area contributed by atoms with Crippen molar-refractivity contribution >= 4 is 11.4 Å². The zero-order valence-corrected chi connectivity index (χ0v) is 15.2. The summed E-state index contributed by atoms with van der Waals surface area (Å²) in [4.78, 5) is 12.2. The third kappa shape index (κ3) is 2.73. The Morgan fingerprint density at radius 1 is 1.26 bits per heavy atom. The number of allylic oxidation sites excluding steroid dienone is 2. The fourth-order valence-corrected chi connectivity index (χ4v) is 3.99. The van der Waals surface area contributed by atoms with E-state index in [2.05, 4.69) is 39.8 Å². The summed E-state index contributed by atoms with van der Waals surface area (Å²) < 4.78 is 5.74. The third-order valence-corrected chi connectivity index (χ3v) is 5.33. The van der Waals surface area contributed by atoms with Crippen LogP contribution in [0.5, 0.6) is 0 Å². The fourth-order valence-electron chi connectivity index (χ4n) is 3.99. The van der Waals surface area contributed by atoms with Gasteiger partial charge in [-0.2, -0.15) is 0 Å². The van der Waals surface area contributed by atoms with Gasteiger partial charge < -0.3 is 4.74 Å². The minimum Gasteiger partial charge on any atom is -0.501 e. The summed E-state index contributed by atoms with van der Waals surface area (Å²) in [7, 11) is 1.77. The molecular formula is C21H28O2. The van der Waals surface area contributed by atoms with Gasteiger partial charge in [-0.25, -0.2) is 0 Å². The van der Waals surface area contributed by atoms with Crippen LogP contribution >= 0.6 is 0 Å². The average Bonchev–Trinajstić information content (AvgIpc) is 3.29. The zero-order valence-electron chi connectivity index (χ0n) is 15.2. The van der Waals surface area contributed by atoms with Crippen molar-refractivity contribution in [3.63, 3.8) is 0 Å². The molecule has 0 radical (unpaired) electrons. The predicted molar refractivity (Wildman–Crippen MR) is 94.8 cm³/mol. The lowest BCUT2D eigenvalue weighted by Gasteiger charge is -2.37. The highest BCUT2D eigenvalue weighted by Gasteiger charge is 2.37. The highest BCUT2D eigenvalue weighted by molar-refractivity contribution is 5.97. The van der Waals surface area contributed by atoms with E-state index in [4.69, 9.17) is 4.74 Å². The smallest absolute Gasteiger partial charge is 0.160 e. The fraction of sp³-hybridized carbons (Fsp3) is 0.571. The van der Waals surface area contributed by atoms with E-state index >= 15 is 0 Å². The summed E-state index contributed by atoms with van der Waals surface area (Å²) in [5.74, 6) is 2.23. The maximum absolute atomic E-state index is 12.2. The molecule has 23 heavy (non-hydrogen) atoms. The number of benzene rings is 1. The lowest BCUT2D eigenvalue weighted by atomic mass is 9.69.